The third-order valence-corrected chi connectivity index (χ3v) is 4.98. The van der Waals surface area contributed by atoms with E-state index < -0.39 is 15.9 Å². The first kappa shape index (κ1) is 19.7. The van der Waals surface area contributed by atoms with Gasteiger partial charge in [-0.15, -0.1) is 0 Å². The molecule has 0 bridgehead atoms. The van der Waals surface area contributed by atoms with Crippen LogP contribution in [0.1, 0.15) is 10.4 Å². The maximum atomic E-state index is 11.9. The predicted octanol–water partition coefficient (Wildman–Crippen LogP) is 3.73. The summed E-state index contributed by atoms with van der Waals surface area (Å²) in [5, 5.41) is 0.600. The highest BCUT2D eigenvalue weighted by molar-refractivity contribution is 7.92. The van der Waals surface area contributed by atoms with Gasteiger partial charge in [-0.2, -0.15) is 0 Å². The molecule has 6 nitrogen and oxygen atoms in total. The van der Waals surface area contributed by atoms with Crippen LogP contribution < -0.4 is 16.2 Å². The minimum atomic E-state index is -3.37. The van der Waals surface area contributed by atoms with Gasteiger partial charge in [0.25, 0.3) is 5.91 Å². The van der Waals surface area contributed by atoms with Crippen molar-refractivity contribution in [3.63, 3.8) is 0 Å². The predicted molar refractivity (Wildman–Crippen MR) is 114 cm³/mol. The lowest BCUT2D eigenvalue weighted by molar-refractivity contribution is 0.100. The quantitative estimate of drug-likeness (QED) is 0.550. The lowest BCUT2D eigenvalue weighted by Crippen LogP contribution is -2.14. The summed E-state index contributed by atoms with van der Waals surface area (Å²) in [5.74, 6) is -0.634. The molecule has 0 aliphatic heterocycles. The molecule has 1 amide bonds. The van der Waals surface area contributed by atoms with Crippen LogP contribution in [0.5, 0.6) is 0 Å². The third kappa shape index (κ3) is 4.44. The average molecular weight is 416 g/mol. The molecular weight excluding hydrogens is 398 g/mol. The molecule has 28 heavy (non-hydrogen) atoms. The second-order valence-corrected chi connectivity index (χ2v) is 8.49. The fourth-order valence-electron chi connectivity index (χ4n) is 2.84. The molecular formula is C20H18ClN3O3S. The first-order valence-electron chi connectivity index (χ1n) is 8.21. The molecule has 0 aliphatic rings. The first-order chi connectivity index (χ1) is 13.1. The van der Waals surface area contributed by atoms with Gasteiger partial charge in [0.1, 0.15) is 0 Å². The van der Waals surface area contributed by atoms with E-state index in [1.165, 1.54) is 0 Å². The Hall–Kier alpha value is -3.03. The summed E-state index contributed by atoms with van der Waals surface area (Å²) >= 11 is 5.95. The molecule has 0 unspecified atom stereocenters. The highest BCUT2D eigenvalue weighted by Crippen LogP contribution is 2.35. The fourth-order valence-corrected chi connectivity index (χ4v) is 3.53. The number of amides is 1. The van der Waals surface area contributed by atoms with Crippen molar-refractivity contribution in [2.24, 2.45) is 5.73 Å². The van der Waals surface area contributed by atoms with E-state index >= 15 is 0 Å². The van der Waals surface area contributed by atoms with Crippen molar-refractivity contribution in [1.29, 1.82) is 0 Å². The van der Waals surface area contributed by atoms with Gasteiger partial charge in [-0.05, 0) is 53.1 Å². The molecule has 3 aromatic rings. The number of nitrogens with one attached hydrogen (secondary N) is 1. The number of halogens is 1. The van der Waals surface area contributed by atoms with Crippen molar-refractivity contribution < 1.29 is 13.2 Å². The SMILES string of the molecule is CS(=O)(=O)Nc1ccc(-c2cc(-c3ccc(Cl)cc3)cc(C(N)=O)c2N)cc1. The number of nitrogen functional groups attached to an aromatic ring is 1. The maximum absolute atomic E-state index is 11.9. The number of hydrogen-bond donors (Lipinski definition) is 3. The van der Waals surface area contributed by atoms with Crippen LogP contribution in [0.15, 0.2) is 60.7 Å². The Morgan fingerprint density at radius 3 is 2.04 bits per heavy atom. The van der Waals surface area contributed by atoms with E-state index in [-0.39, 0.29) is 11.3 Å². The number of nitrogens with two attached hydrogens (primary N) is 2. The highest BCUT2D eigenvalue weighted by Gasteiger charge is 2.15. The number of primary amides is 1. The third-order valence-electron chi connectivity index (χ3n) is 4.12. The Balaban J connectivity index is 2.11. The van der Waals surface area contributed by atoms with Crippen LogP contribution in [-0.4, -0.2) is 20.6 Å². The number of rotatable bonds is 5. The molecule has 0 aromatic heterocycles. The molecule has 3 aromatic carbocycles. The van der Waals surface area contributed by atoms with Gasteiger partial charge in [0.2, 0.25) is 10.0 Å². The van der Waals surface area contributed by atoms with E-state index in [4.69, 9.17) is 23.1 Å². The number of hydrogen-bond acceptors (Lipinski definition) is 4. The van der Waals surface area contributed by atoms with Crippen molar-refractivity contribution in [1.82, 2.24) is 0 Å². The van der Waals surface area contributed by atoms with Crippen molar-refractivity contribution in [2.45, 2.75) is 0 Å². The van der Waals surface area contributed by atoms with Crippen molar-refractivity contribution >= 4 is 38.9 Å². The molecule has 0 atom stereocenters. The van der Waals surface area contributed by atoms with Gasteiger partial charge >= 0.3 is 0 Å². The Labute approximate surface area is 168 Å². The molecule has 0 saturated heterocycles. The standard InChI is InChI=1S/C20H18ClN3O3S/c1-28(26,27)24-16-8-4-13(5-9-16)17-10-14(11-18(19(17)22)20(23)25)12-2-6-15(21)7-3-12/h2-11,24H,22H2,1H3,(H2,23,25). The highest BCUT2D eigenvalue weighted by atomic mass is 35.5. The Kier molecular flexibility index (Phi) is 5.31. The van der Waals surface area contributed by atoms with E-state index in [1.807, 2.05) is 18.2 Å². The number of benzene rings is 3. The molecule has 0 fully saturated rings. The van der Waals surface area contributed by atoms with Crippen LogP contribution in [0.2, 0.25) is 5.02 Å². The van der Waals surface area contributed by atoms with E-state index in [0.29, 0.717) is 16.3 Å². The van der Waals surface area contributed by atoms with Crippen molar-refractivity contribution in [3.05, 3.63) is 71.2 Å². The van der Waals surface area contributed by atoms with Crippen molar-refractivity contribution in [2.75, 3.05) is 16.7 Å². The van der Waals surface area contributed by atoms with Gasteiger partial charge in [0.05, 0.1) is 17.5 Å². The van der Waals surface area contributed by atoms with Gasteiger partial charge < -0.3 is 11.5 Å². The van der Waals surface area contributed by atoms with Crippen LogP contribution in [0.4, 0.5) is 11.4 Å². The molecule has 0 spiro atoms. The molecule has 0 saturated carbocycles. The van der Waals surface area contributed by atoms with Crippen LogP contribution in [0.25, 0.3) is 22.3 Å². The molecule has 0 aliphatic carbocycles. The van der Waals surface area contributed by atoms with E-state index in [0.717, 1.165) is 22.9 Å². The first-order valence-corrected chi connectivity index (χ1v) is 10.5. The number of anilines is 2. The minimum Gasteiger partial charge on any atom is -0.398 e. The molecule has 5 N–H and O–H groups in total. The summed E-state index contributed by atoms with van der Waals surface area (Å²) in [7, 11) is -3.37. The summed E-state index contributed by atoms with van der Waals surface area (Å²) in [6.45, 7) is 0. The second-order valence-electron chi connectivity index (χ2n) is 6.31. The molecule has 8 heteroatoms. The Bertz CT molecular complexity index is 1140. The lowest BCUT2D eigenvalue weighted by Gasteiger charge is -2.14. The van der Waals surface area contributed by atoms with Crippen LogP contribution in [-0.2, 0) is 10.0 Å². The number of carbonyl (C=O) groups excluding carboxylic acids is 1. The van der Waals surface area contributed by atoms with Crippen LogP contribution >= 0.6 is 11.6 Å². The average Bonchev–Trinajstić information content (AvgIpc) is 2.62. The molecule has 0 heterocycles. The van der Waals surface area contributed by atoms with Gasteiger partial charge in [0.15, 0.2) is 0 Å². The van der Waals surface area contributed by atoms with E-state index in [2.05, 4.69) is 4.72 Å². The van der Waals surface area contributed by atoms with Crippen LogP contribution in [0.3, 0.4) is 0 Å². The summed E-state index contributed by atoms with van der Waals surface area (Å²) in [6, 6.07) is 17.3. The van der Waals surface area contributed by atoms with Gasteiger partial charge in [-0.25, -0.2) is 8.42 Å². The van der Waals surface area contributed by atoms with Crippen molar-refractivity contribution in [3.8, 4) is 22.3 Å². The zero-order chi connectivity index (χ0) is 20.5. The minimum absolute atomic E-state index is 0.209. The zero-order valence-corrected chi connectivity index (χ0v) is 16.5. The van der Waals surface area contributed by atoms with E-state index in [9.17, 15) is 13.2 Å². The summed E-state index contributed by atoms with van der Waals surface area (Å²) in [6.07, 6.45) is 1.08. The number of carbonyl (C=O) groups is 1. The fraction of sp³-hybridized carbons (Fsp3) is 0.0500. The Morgan fingerprint density at radius 1 is 0.929 bits per heavy atom. The molecule has 0 radical (unpaired) electrons. The van der Waals surface area contributed by atoms with Gasteiger partial charge in [-0.1, -0.05) is 35.9 Å². The van der Waals surface area contributed by atoms with E-state index in [1.54, 1.807) is 42.5 Å². The topological polar surface area (TPSA) is 115 Å². The van der Waals surface area contributed by atoms with Gasteiger partial charge in [-0.3, -0.25) is 9.52 Å². The maximum Gasteiger partial charge on any atom is 0.250 e. The van der Waals surface area contributed by atoms with Gasteiger partial charge in [0, 0.05) is 16.3 Å². The summed E-state index contributed by atoms with van der Waals surface area (Å²) in [5.41, 5.74) is 15.5. The number of sulfonamides is 1. The zero-order valence-electron chi connectivity index (χ0n) is 14.9. The second kappa shape index (κ2) is 7.53. The normalized spacial score (nSPS) is 11.2. The summed E-state index contributed by atoms with van der Waals surface area (Å²) in [4.78, 5) is 11.9. The molecule has 144 valence electrons. The summed E-state index contributed by atoms with van der Waals surface area (Å²) < 4.78 is 25.1. The monoisotopic (exact) mass is 415 g/mol. The lowest BCUT2D eigenvalue weighted by atomic mass is 9.94. The largest absolute Gasteiger partial charge is 0.398 e. The molecule has 3 rings (SSSR count). The Morgan fingerprint density at radius 2 is 1.50 bits per heavy atom. The smallest absolute Gasteiger partial charge is 0.250 e. The van der Waals surface area contributed by atoms with Crippen LogP contribution in [0, 0.1) is 0 Å².